The van der Waals surface area contributed by atoms with Crippen molar-refractivity contribution >= 4 is 28.4 Å². The first-order valence-corrected chi connectivity index (χ1v) is 8.85. The van der Waals surface area contributed by atoms with E-state index < -0.39 is 0 Å². The molecule has 0 aliphatic carbocycles. The Hall–Kier alpha value is -2.59. The Bertz CT molecular complexity index is 1040. The van der Waals surface area contributed by atoms with Gasteiger partial charge >= 0.3 is 0 Å². The Morgan fingerprint density at radius 1 is 1.04 bits per heavy atom. The maximum absolute atomic E-state index is 12.6. The summed E-state index contributed by atoms with van der Waals surface area (Å²) in [5.74, 6) is -0.106. The number of nitrogens with one attached hydrogen (secondary N) is 1. The Balaban J connectivity index is 1.98. The van der Waals surface area contributed by atoms with Gasteiger partial charge in [-0.1, -0.05) is 41.9 Å². The summed E-state index contributed by atoms with van der Waals surface area (Å²) in [5, 5.41) is 1.61. The van der Waals surface area contributed by atoms with Gasteiger partial charge in [-0.25, -0.2) is 0 Å². The third-order valence-corrected chi connectivity index (χ3v) is 5.01. The van der Waals surface area contributed by atoms with E-state index in [1.165, 1.54) is 6.92 Å². The van der Waals surface area contributed by atoms with Gasteiger partial charge in [-0.2, -0.15) is 0 Å². The molecule has 0 atom stereocenters. The average Bonchev–Trinajstić information content (AvgIpc) is 2.60. The standard InChI is InChI=1S/C21H21ClN2O2/c1-13-8-9-14(2)20-18(13)10-17(21(26)23-20)12-24(15(3)25)11-16-6-4-5-7-19(16)22/h4-10H,11-12H2,1-3H3,(H,23,26). The van der Waals surface area contributed by atoms with Crippen LogP contribution < -0.4 is 5.56 Å². The molecule has 0 aliphatic rings. The van der Waals surface area contributed by atoms with Crippen molar-refractivity contribution in [3.8, 4) is 0 Å². The molecule has 26 heavy (non-hydrogen) atoms. The van der Waals surface area contributed by atoms with Crippen LogP contribution in [0.15, 0.2) is 47.3 Å². The second-order valence-corrected chi connectivity index (χ2v) is 6.99. The summed E-state index contributed by atoms with van der Waals surface area (Å²) in [6.07, 6.45) is 0. The van der Waals surface area contributed by atoms with Gasteiger partial charge in [0.2, 0.25) is 5.91 Å². The first-order valence-electron chi connectivity index (χ1n) is 8.48. The minimum Gasteiger partial charge on any atom is -0.334 e. The zero-order chi connectivity index (χ0) is 18.8. The van der Waals surface area contributed by atoms with E-state index in [2.05, 4.69) is 4.98 Å². The van der Waals surface area contributed by atoms with Crippen LogP contribution in [-0.2, 0) is 17.9 Å². The van der Waals surface area contributed by atoms with E-state index in [-0.39, 0.29) is 18.0 Å². The number of hydrogen-bond acceptors (Lipinski definition) is 2. The Morgan fingerprint density at radius 3 is 2.38 bits per heavy atom. The van der Waals surface area contributed by atoms with E-state index in [1.54, 1.807) is 11.0 Å². The van der Waals surface area contributed by atoms with Crippen LogP contribution in [0, 0.1) is 13.8 Å². The Labute approximate surface area is 157 Å². The lowest BCUT2D eigenvalue weighted by molar-refractivity contribution is -0.130. The number of aromatic nitrogens is 1. The zero-order valence-corrected chi connectivity index (χ0v) is 15.9. The summed E-state index contributed by atoms with van der Waals surface area (Å²) in [4.78, 5) is 29.3. The topological polar surface area (TPSA) is 53.2 Å². The molecule has 0 unspecified atom stereocenters. The second kappa shape index (κ2) is 7.34. The second-order valence-electron chi connectivity index (χ2n) is 6.58. The molecule has 0 saturated carbocycles. The first-order chi connectivity index (χ1) is 12.4. The zero-order valence-electron chi connectivity index (χ0n) is 15.1. The highest BCUT2D eigenvalue weighted by atomic mass is 35.5. The molecule has 2 aromatic carbocycles. The predicted molar refractivity (Wildman–Crippen MR) is 105 cm³/mol. The SMILES string of the molecule is CC(=O)N(Cc1ccccc1Cl)Cc1cc2c(C)ccc(C)c2[nH]c1=O. The number of aryl methyl sites for hydroxylation is 2. The minimum atomic E-state index is -0.170. The van der Waals surface area contributed by atoms with Crippen LogP contribution in [-0.4, -0.2) is 15.8 Å². The van der Waals surface area contributed by atoms with Crippen LogP contribution in [0.3, 0.4) is 0 Å². The largest absolute Gasteiger partial charge is 0.334 e. The third-order valence-electron chi connectivity index (χ3n) is 4.65. The number of rotatable bonds is 4. The number of fused-ring (bicyclic) bond motifs is 1. The van der Waals surface area contributed by atoms with Gasteiger partial charge in [0.1, 0.15) is 0 Å². The molecule has 1 amide bonds. The average molecular weight is 369 g/mol. The highest BCUT2D eigenvalue weighted by molar-refractivity contribution is 6.31. The fourth-order valence-electron chi connectivity index (χ4n) is 3.05. The fourth-order valence-corrected chi connectivity index (χ4v) is 3.25. The number of hydrogen-bond donors (Lipinski definition) is 1. The normalized spacial score (nSPS) is 10.9. The monoisotopic (exact) mass is 368 g/mol. The van der Waals surface area contributed by atoms with Gasteiger partial charge in [0.15, 0.2) is 0 Å². The Morgan fingerprint density at radius 2 is 1.69 bits per heavy atom. The van der Waals surface area contributed by atoms with Gasteiger partial charge in [0.05, 0.1) is 12.1 Å². The number of carbonyl (C=O) groups excluding carboxylic acids is 1. The molecule has 0 spiro atoms. The summed E-state index contributed by atoms with van der Waals surface area (Å²) in [6.45, 7) is 6.08. The molecule has 1 heterocycles. The molecule has 5 heteroatoms. The summed E-state index contributed by atoms with van der Waals surface area (Å²) in [7, 11) is 0. The molecular formula is C21H21ClN2O2. The molecule has 1 N–H and O–H groups in total. The maximum atomic E-state index is 12.6. The van der Waals surface area contributed by atoms with Crippen molar-refractivity contribution in [1.29, 1.82) is 0 Å². The maximum Gasteiger partial charge on any atom is 0.253 e. The van der Waals surface area contributed by atoms with Crippen molar-refractivity contribution < 1.29 is 4.79 Å². The highest BCUT2D eigenvalue weighted by Gasteiger charge is 2.15. The lowest BCUT2D eigenvalue weighted by Gasteiger charge is -2.22. The van der Waals surface area contributed by atoms with Gasteiger partial charge in [0.25, 0.3) is 5.56 Å². The van der Waals surface area contributed by atoms with Crippen molar-refractivity contribution in [2.24, 2.45) is 0 Å². The molecule has 0 aliphatic heterocycles. The number of pyridine rings is 1. The van der Waals surface area contributed by atoms with Crippen LogP contribution in [0.2, 0.25) is 5.02 Å². The quantitative estimate of drug-likeness (QED) is 0.744. The molecule has 3 rings (SSSR count). The lowest BCUT2D eigenvalue weighted by atomic mass is 10.0. The Kier molecular flexibility index (Phi) is 5.14. The number of aromatic amines is 1. The number of halogens is 1. The molecule has 1 aromatic heterocycles. The predicted octanol–water partition coefficient (Wildman–Crippen LogP) is 4.35. The number of amides is 1. The number of nitrogens with zero attached hydrogens (tertiary/aromatic N) is 1. The van der Waals surface area contributed by atoms with Crippen LogP contribution in [0.1, 0.15) is 29.2 Å². The van der Waals surface area contributed by atoms with E-state index in [0.717, 1.165) is 27.6 Å². The van der Waals surface area contributed by atoms with Crippen LogP contribution in [0.25, 0.3) is 10.9 Å². The molecular weight excluding hydrogens is 348 g/mol. The van der Waals surface area contributed by atoms with Gasteiger partial charge < -0.3 is 9.88 Å². The minimum absolute atomic E-state index is 0.106. The van der Waals surface area contributed by atoms with Crippen molar-refractivity contribution in [1.82, 2.24) is 9.88 Å². The van der Waals surface area contributed by atoms with Gasteiger partial charge in [-0.05, 0) is 42.7 Å². The van der Waals surface area contributed by atoms with Crippen LogP contribution >= 0.6 is 11.6 Å². The van der Waals surface area contributed by atoms with Crippen molar-refractivity contribution in [2.45, 2.75) is 33.9 Å². The van der Waals surface area contributed by atoms with Crippen molar-refractivity contribution in [3.63, 3.8) is 0 Å². The third kappa shape index (κ3) is 3.65. The molecule has 0 fully saturated rings. The summed E-state index contributed by atoms with van der Waals surface area (Å²) in [5.41, 5.74) is 4.20. The van der Waals surface area contributed by atoms with Gasteiger partial charge in [-0.3, -0.25) is 9.59 Å². The van der Waals surface area contributed by atoms with E-state index >= 15 is 0 Å². The van der Waals surface area contributed by atoms with E-state index in [4.69, 9.17) is 11.6 Å². The van der Waals surface area contributed by atoms with E-state index in [1.807, 2.05) is 50.2 Å². The number of benzene rings is 2. The van der Waals surface area contributed by atoms with E-state index in [9.17, 15) is 9.59 Å². The van der Waals surface area contributed by atoms with Crippen LogP contribution in [0.4, 0.5) is 0 Å². The molecule has 4 nitrogen and oxygen atoms in total. The molecule has 0 radical (unpaired) electrons. The lowest BCUT2D eigenvalue weighted by Crippen LogP contribution is -2.30. The molecule has 0 saturated heterocycles. The number of carbonyl (C=O) groups is 1. The molecule has 0 bridgehead atoms. The fraction of sp³-hybridized carbons (Fsp3) is 0.238. The summed E-state index contributed by atoms with van der Waals surface area (Å²) >= 11 is 6.22. The van der Waals surface area contributed by atoms with Crippen LogP contribution in [0.5, 0.6) is 0 Å². The van der Waals surface area contributed by atoms with Crippen molar-refractivity contribution in [2.75, 3.05) is 0 Å². The first kappa shape index (κ1) is 18.2. The van der Waals surface area contributed by atoms with E-state index in [0.29, 0.717) is 17.1 Å². The number of H-pyrrole nitrogens is 1. The molecule has 134 valence electrons. The van der Waals surface area contributed by atoms with Crippen molar-refractivity contribution in [3.05, 3.63) is 80.1 Å². The molecule has 3 aromatic rings. The summed E-state index contributed by atoms with van der Waals surface area (Å²) in [6, 6.07) is 13.3. The summed E-state index contributed by atoms with van der Waals surface area (Å²) < 4.78 is 0. The smallest absolute Gasteiger partial charge is 0.253 e. The highest BCUT2D eigenvalue weighted by Crippen LogP contribution is 2.21. The van der Waals surface area contributed by atoms with Gasteiger partial charge in [-0.15, -0.1) is 0 Å². The van der Waals surface area contributed by atoms with Gasteiger partial charge in [0, 0.05) is 29.4 Å².